The largest absolute Gasteiger partial charge is 0.458 e. The van der Waals surface area contributed by atoms with E-state index < -0.39 is 0 Å². The van der Waals surface area contributed by atoms with E-state index >= 15 is 0 Å². The third kappa shape index (κ3) is 5.03. The molecule has 10 aromatic carbocycles. The lowest BCUT2D eigenvalue weighted by Gasteiger charge is -2.34. The molecule has 15 rings (SSSR count). The first kappa shape index (κ1) is 36.3. The van der Waals surface area contributed by atoms with Crippen molar-refractivity contribution in [1.82, 2.24) is 13.7 Å². The normalized spacial score (nSPS) is 12.6. The highest BCUT2D eigenvalue weighted by Crippen LogP contribution is 2.43. The molecule has 0 unspecified atom stereocenters. The molecule has 2 aliphatic heterocycles. The van der Waals surface area contributed by atoms with Crippen molar-refractivity contribution in [3.63, 3.8) is 0 Å². The molecule has 0 radical (unpaired) electrons. The van der Waals surface area contributed by atoms with Crippen LogP contribution in [0.5, 0.6) is 11.5 Å². The molecule has 67 heavy (non-hydrogen) atoms. The van der Waals surface area contributed by atoms with E-state index in [1.54, 1.807) is 0 Å². The van der Waals surface area contributed by atoms with Crippen molar-refractivity contribution in [3.05, 3.63) is 218 Å². The van der Waals surface area contributed by atoms with Gasteiger partial charge in [-0.15, -0.1) is 0 Å². The van der Waals surface area contributed by atoms with Crippen LogP contribution in [-0.4, -0.2) is 20.4 Å². The minimum atomic E-state index is -0.142. The Labute approximate surface area is 385 Å². The maximum absolute atomic E-state index is 9.71. The van der Waals surface area contributed by atoms with Crippen LogP contribution in [0.15, 0.2) is 212 Å². The van der Waals surface area contributed by atoms with Gasteiger partial charge in [0, 0.05) is 54.9 Å². The second-order valence-corrected chi connectivity index (χ2v) is 18.0. The van der Waals surface area contributed by atoms with Crippen LogP contribution in [0.2, 0.25) is 0 Å². The summed E-state index contributed by atoms with van der Waals surface area (Å²) in [6, 6.07) is 79.1. The number of ether oxygens (including phenoxy) is 1. The molecule has 5 heterocycles. The smallest absolute Gasteiger partial charge is 0.256 e. The van der Waals surface area contributed by atoms with Crippen LogP contribution >= 0.6 is 0 Å². The van der Waals surface area contributed by atoms with E-state index in [1.165, 1.54) is 70.9 Å². The summed E-state index contributed by atoms with van der Waals surface area (Å²) in [6.07, 6.45) is 0. The third-order valence-electron chi connectivity index (χ3n) is 14.5. The Morgan fingerprint density at radius 2 is 0.925 bits per heavy atom. The number of fused-ring (bicyclic) bond motifs is 13. The van der Waals surface area contributed by atoms with Crippen LogP contribution in [0.4, 0.5) is 0 Å². The molecule has 0 bridgehead atoms. The number of hydrogen-bond acceptors (Lipinski definition) is 2. The second kappa shape index (κ2) is 13.5. The van der Waals surface area contributed by atoms with Crippen LogP contribution in [0.25, 0.3) is 105 Å². The highest BCUT2D eigenvalue weighted by atomic mass is 16.5. The van der Waals surface area contributed by atoms with Gasteiger partial charge in [-0.1, -0.05) is 127 Å². The summed E-state index contributed by atoms with van der Waals surface area (Å²) in [5, 5.41) is 17.0. The number of benzene rings is 10. The zero-order chi connectivity index (χ0) is 43.9. The highest BCUT2D eigenvalue weighted by molar-refractivity contribution is 6.99. The van der Waals surface area contributed by atoms with Crippen LogP contribution in [0.3, 0.4) is 0 Å². The van der Waals surface area contributed by atoms with Gasteiger partial charge in [0.25, 0.3) is 6.71 Å². The molecule has 308 valence electrons. The number of aromatic nitrogens is 3. The molecule has 0 amide bonds. The molecule has 6 heteroatoms. The van der Waals surface area contributed by atoms with Crippen LogP contribution < -0.4 is 21.1 Å². The number of para-hydroxylation sites is 4. The molecule has 0 saturated heterocycles. The molecular weight excluding hydrogens is 816 g/mol. The number of nitriles is 1. The summed E-state index contributed by atoms with van der Waals surface area (Å²) in [4.78, 5) is 0. The molecule has 0 aliphatic carbocycles. The molecule has 13 aromatic rings. The maximum atomic E-state index is 9.71. The van der Waals surface area contributed by atoms with Crippen LogP contribution in [0.1, 0.15) is 5.56 Å². The predicted octanol–water partition coefficient (Wildman–Crippen LogP) is 13.1. The zero-order valence-electron chi connectivity index (χ0n) is 36.0. The van der Waals surface area contributed by atoms with Gasteiger partial charge in [0.2, 0.25) is 0 Å². The summed E-state index contributed by atoms with van der Waals surface area (Å²) >= 11 is 0. The Morgan fingerprint density at radius 3 is 1.57 bits per heavy atom. The van der Waals surface area contributed by atoms with Gasteiger partial charge in [-0.05, 0) is 124 Å². The standard InChI is InChI=1S/C61H35BN4O/c63-36-37-22-24-39(25-23-37)41-31-57-60-59(32-41)67-58-29-26-40(38-12-2-1-3-13-38)30-50(58)62(60)51-35-43(65-54-20-10-6-16-46(54)47-17-7-11-21-55(47)65)34-49-48-33-42(27-28-56(48)66(57)61(49)51)64-52-18-8-4-14-44(52)45-15-5-9-19-53(45)64/h1-35H. The first-order valence-electron chi connectivity index (χ1n) is 22.8. The van der Waals surface area contributed by atoms with Crippen LogP contribution in [0, 0.1) is 11.3 Å². The zero-order valence-corrected chi connectivity index (χ0v) is 36.0. The van der Waals surface area contributed by atoms with Gasteiger partial charge in [0.05, 0.1) is 39.2 Å². The summed E-state index contributed by atoms with van der Waals surface area (Å²) < 4.78 is 14.5. The van der Waals surface area contributed by atoms with Crippen LogP contribution in [-0.2, 0) is 0 Å². The average Bonchev–Trinajstić information content (AvgIpc) is 4.03. The summed E-state index contributed by atoms with van der Waals surface area (Å²) in [6.45, 7) is -0.142. The SMILES string of the molecule is N#Cc1ccc(-c2cc3c4c(c2)-n2c5ccc(-n6c7ccccc7c7ccccc76)cc5c5cc(-n6c7ccccc7c7ccccc76)cc(c52)B4c2cc(-c4ccccc4)ccc2O3)cc1. The number of rotatable bonds is 4. The molecule has 3 aromatic heterocycles. The maximum Gasteiger partial charge on any atom is 0.256 e. The van der Waals surface area contributed by atoms with Gasteiger partial charge in [-0.25, -0.2) is 0 Å². The lowest BCUT2D eigenvalue weighted by atomic mass is 9.34. The van der Waals surface area contributed by atoms with E-state index in [4.69, 9.17) is 4.74 Å². The fraction of sp³-hybridized carbons (Fsp3) is 0. The molecule has 0 fully saturated rings. The Morgan fingerprint density at radius 1 is 0.373 bits per heavy atom. The number of nitrogens with zero attached hydrogens (tertiary/aromatic N) is 4. The first-order valence-corrected chi connectivity index (χ1v) is 22.8. The van der Waals surface area contributed by atoms with Gasteiger partial charge in [-0.2, -0.15) is 5.26 Å². The van der Waals surface area contributed by atoms with E-state index in [1.807, 2.05) is 24.3 Å². The van der Waals surface area contributed by atoms with E-state index in [0.717, 1.165) is 61.7 Å². The monoisotopic (exact) mass is 850 g/mol. The van der Waals surface area contributed by atoms with Gasteiger partial charge in [-0.3, -0.25) is 0 Å². The van der Waals surface area contributed by atoms with E-state index in [-0.39, 0.29) is 6.71 Å². The molecule has 0 saturated carbocycles. The Bertz CT molecular complexity index is 4210. The fourth-order valence-corrected chi connectivity index (χ4v) is 11.6. The molecule has 0 spiro atoms. The Hall–Kier alpha value is -9.05. The van der Waals surface area contributed by atoms with Gasteiger partial charge in [0.1, 0.15) is 11.5 Å². The van der Waals surface area contributed by atoms with Crippen molar-refractivity contribution >= 4 is 88.5 Å². The topological polar surface area (TPSA) is 47.8 Å². The van der Waals surface area contributed by atoms with E-state index in [2.05, 4.69) is 208 Å². The molecule has 2 aliphatic rings. The summed E-state index contributed by atoms with van der Waals surface area (Å²) in [5.74, 6) is 1.69. The minimum absolute atomic E-state index is 0.142. The van der Waals surface area contributed by atoms with Crippen molar-refractivity contribution in [3.8, 4) is 56.9 Å². The Balaban J connectivity index is 1.09. The van der Waals surface area contributed by atoms with E-state index in [0.29, 0.717) is 5.56 Å². The van der Waals surface area contributed by atoms with Gasteiger partial charge in [0.15, 0.2) is 0 Å². The third-order valence-corrected chi connectivity index (χ3v) is 14.5. The van der Waals surface area contributed by atoms with Crippen molar-refractivity contribution in [1.29, 1.82) is 5.26 Å². The van der Waals surface area contributed by atoms with Crippen molar-refractivity contribution in [2.75, 3.05) is 0 Å². The average molecular weight is 851 g/mol. The van der Waals surface area contributed by atoms with E-state index in [9.17, 15) is 5.26 Å². The van der Waals surface area contributed by atoms with Crippen molar-refractivity contribution in [2.45, 2.75) is 0 Å². The molecule has 5 nitrogen and oxygen atoms in total. The lowest BCUT2D eigenvalue weighted by molar-refractivity contribution is 0.487. The van der Waals surface area contributed by atoms with Gasteiger partial charge >= 0.3 is 0 Å². The van der Waals surface area contributed by atoms with Gasteiger partial charge < -0.3 is 18.4 Å². The highest BCUT2D eigenvalue weighted by Gasteiger charge is 2.41. The second-order valence-electron chi connectivity index (χ2n) is 18.0. The van der Waals surface area contributed by atoms with Crippen molar-refractivity contribution in [2.24, 2.45) is 0 Å². The Kier molecular flexibility index (Phi) is 7.31. The molecule has 0 atom stereocenters. The van der Waals surface area contributed by atoms with Crippen molar-refractivity contribution < 1.29 is 4.74 Å². The first-order chi connectivity index (χ1) is 33.2. The quantitative estimate of drug-likeness (QED) is 0.166. The minimum Gasteiger partial charge on any atom is -0.458 e. The fourth-order valence-electron chi connectivity index (χ4n) is 11.6. The summed E-state index contributed by atoms with van der Waals surface area (Å²) in [5.41, 5.74) is 18.9. The summed E-state index contributed by atoms with van der Waals surface area (Å²) in [7, 11) is 0. The predicted molar refractivity (Wildman–Crippen MR) is 276 cm³/mol. The lowest BCUT2D eigenvalue weighted by Crippen LogP contribution is -2.58. The number of hydrogen-bond donors (Lipinski definition) is 0. The molecule has 0 N–H and O–H groups in total. The molecular formula is C61H35BN4O.